The van der Waals surface area contributed by atoms with Crippen LogP contribution in [0.4, 0.5) is 0 Å². The lowest BCUT2D eigenvalue weighted by Gasteiger charge is -2.13. The SMILES string of the molecule is CC(NC(=O)COc1ccc(S(C)(=O)=O)cc1)c1cccs1. The fraction of sp³-hybridized carbons (Fsp3) is 0.267. The van der Waals surface area contributed by atoms with Crippen LogP contribution in [0.2, 0.25) is 0 Å². The minimum atomic E-state index is -3.23. The molecule has 0 spiro atoms. The van der Waals surface area contributed by atoms with E-state index in [1.54, 1.807) is 11.3 Å². The van der Waals surface area contributed by atoms with E-state index in [2.05, 4.69) is 5.32 Å². The summed E-state index contributed by atoms with van der Waals surface area (Å²) >= 11 is 1.58. The fourth-order valence-electron chi connectivity index (χ4n) is 1.82. The monoisotopic (exact) mass is 339 g/mol. The molecule has 22 heavy (non-hydrogen) atoms. The highest BCUT2D eigenvalue weighted by molar-refractivity contribution is 7.90. The maximum absolute atomic E-state index is 11.8. The Kier molecular flexibility index (Phi) is 5.20. The highest BCUT2D eigenvalue weighted by atomic mass is 32.2. The van der Waals surface area contributed by atoms with Crippen molar-refractivity contribution < 1.29 is 17.9 Å². The Morgan fingerprint density at radius 1 is 1.27 bits per heavy atom. The van der Waals surface area contributed by atoms with Gasteiger partial charge in [-0.15, -0.1) is 11.3 Å². The number of amides is 1. The van der Waals surface area contributed by atoms with E-state index in [1.807, 2.05) is 24.4 Å². The molecule has 0 saturated carbocycles. The van der Waals surface area contributed by atoms with Crippen LogP contribution in [0.25, 0.3) is 0 Å². The van der Waals surface area contributed by atoms with Crippen LogP contribution >= 0.6 is 11.3 Å². The molecule has 1 atom stereocenters. The Labute approximate surface area is 133 Å². The lowest BCUT2D eigenvalue weighted by Crippen LogP contribution is -2.30. The van der Waals surface area contributed by atoms with Gasteiger partial charge in [-0.3, -0.25) is 4.79 Å². The maximum atomic E-state index is 11.8. The van der Waals surface area contributed by atoms with Crippen LogP contribution in [0.15, 0.2) is 46.7 Å². The van der Waals surface area contributed by atoms with E-state index in [9.17, 15) is 13.2 Å². The molecule has 0 aliphatic rings. The molecule has 1 aromatic carbocycles. The van der Waals surface area contributed by atoms with Gasteiger partial charge in [0, 0.05) is 11.1 Å². The summed E-state index contributed by atoms with van der Waals surface area (Å²) in [7, 11) is -3.23. The predicted molar refractivity (Wildman–Crippen MR) is 85.9 cm³/mol. The van der Waals surface area contributed by atoms with Crippen molar-refractivity contribution in [2.24, 2.45) is 0 Å². The smallest absolute Gasteiger partial charge is 0.258 e. The number of sulfone groups is 1. The number of carbonyl (C=O) groups excluding carboxylic acids is 1. The average Bonchev–Trinajstić information content (AvgIpc) is 2.99. The highest BCUT2D eigenvalue weighted by Gasteiger charge is 2.11. The van der Waals surface area contributed by atoms with Crippen molar-refractivity contribution in [3.63, 3.8) is 0 Å². The van der Waals surface area contributed by atoms with Crippen molar-refractivity contribution in [1.82, 2.24) is 5.32 Å². The Hall–Kier alpha value is -1.86. The summed E-state index contributed by atoms with van der Waals surface area (Å²) < 4.78 is 28.0. The molecule has 2 rings (SSSR count). The summed E-state index contributed by atoms with van der Waals surface area (Å²) in [5.41, 5.74) is 0. The van der Waals surface area contributed by atoms with Crippen molar-refractivity contribution in [2.45, 2.75) is 17.9 Å². The Morgan fingerprint density at radius 3 is 2.50 bits per heavy atom. The summed E-state index contributed by atoms with van der Waals surface area (Å²) in [6.07, 6.45) is 1.14. The van der Waals surface area contributed by atoms with Gasteiger partial charge >= 0.3 is 0 Å². The molecule has 2 aromatic rings. The number of ether oxygens (including phenoxy) is 1. The predicted octanol–water partition coefficient (Wildman–Crippen LogP) is 2.41. The number of carbonyl (C=O) groups is 1. The second-order valence-electron chi connectivity index (χ2n) is 4.84. The Bertz CT molecular complexity index is 721. The highest BCUT2D eigenvalue weighted by Crippen LogP contribution is 2.18. The van der Waals surface area contributed by atoms with Crippen LogP contribution < -0.4 is 10.1 Å². The number of hydrogen-bond acceptors (Lipinski definition) is 5. The van der Waals surface area contributed by atoms with Gasteiger partial charge < -0.3 is 10.1 Å². The molecule has 1 N–H and O–H groups in total. The van der Waals surface area contributed by atoms with Gasteiger partial charge in [0.2, 0.25) is 0 Å². The number of hydrogen-bond donors (Lipinski definition) is 1. The van der Waals surface area contributed by atoms with Gasteiger partial charge in [-0.2, -0.15) is 0 Å². The third-order valence-corrected chi connectivity index (χ3v) is 5.15. The summed E-state index contributed by atoms with van der Waals surface area (Å²) in [6.45, 7) is 1.79. The molecule has 1 heterocycles. The Balaban J connectivity index is 1.86. The van der Waals surface area contributed by atoms with E-state index in [-0.39, 0.29) is 23.5 Å². The molecular weight excluding hydrogens is 322 g/mol. The first-order valence-corrected chi connectivity index (χ1v) is 9.39. The summed E-state index contributed by atoms with van der Waals surface area (Å²) in [5.74, 6) is 0.222. The number of thiophene rings is 1. The van der Waals surface area contributed by atoms with Crippen LogP contribution in [0.5, 0.6) is 5.75 Å². The lowest BCUT2D eigenvalue weighted by atomic mass is 10.3. The molecule has 0 aliphatic heterocycles. The molecule has 0 aliphatic carbocycles. The van der Waals surface area contributed by atoms with Gasteiger partial charge in [-0.1, -0.05) is 6.07 Å². The number of rotatable bonds is 6. The van der Waals surface area contributed by atoms with Gasteiger partial charge in [0.05, 0.1) is 10.9 Å². The van der Waals surface area contributed by atoms with Crippen molar-refractivity contribution in [2.75, 3.05) is 12.9 Å². The molecule has 7 heteroatoms. The normalized spacial score (nSPS) is 12.6. The standard InChI is InChI=1S/C15H17NO4S2/c1-11(14-4-3-9-21-14)16-15(17)10-20-12-5-7-13(8-6-12)22(2,18)19/h3-9,11H,10H2,1-2H3,(H,16,17). The van der Waals surface area contributed by atoms with E-state index in [0.29, 0.717) is 5.75 Å². The quantitative estimate of drug-likeness (QED) is 0.877. The van der Waals surface area contributed by atoms with Gasteiger partial charge in [0.1, 0.15) is 5.75 Å². The van der Waals surface area contributed by atoms with Gasteiger partial charge in [0.25, 0.3) is 5.91 Å². The second-order valence-corrected chi connectivity index (χ2v) is 7.83. The van der Waals surface area contributed by atoms with E-state index < -0.39 is 9.84 Å². The lowest BCUT2D eigenvalue weighted by molar-refractivity contribution is -0.123. The molecule has 0 fully saturated rings. The zero-order valence-electron chi connectivity index (χ0n) is 12.3. The zero-order chi connectivity index (χ0) is 16.2. The van der Waals surface area contributed by atoms with Crippen molar-refractivity contribution >= 4 is 27.1 Å². The molecule has 1 amide bonds. The average molecular weight is 339 g/mol. The van der Waals surface area contributed by atoms with Crippen LogP contribution in [0.3, 0.4) is 0 Å². The molecule has 1 unspecified atom stereocenters. The zero-order valence-corrected chi connectivity index (χ0v) is 13.9. The second kappa shape index (κ2) is 6.93. The molecule has 118 valence electrons. The van der Waals surface area contributed by atoms with Crippen molar-refractivity contribution in [1.29, 1.82) is 0 Å². The van der Waals surface area contributed by atoms with Crippen molar-refractivity contribution in [3.05, 3.63) is 46.7 Å². The topological polar surface area (TPSA) is 72.5 Å². The van der Waals surface area contributed by atoms with Crippen LogP contribution in [0.1, 0.15) is 17.8 Å². The van der Waals surface area contributed by atoms with E-state index in [4.69, 9.17) is 4.74 Å². The minimum absolute atomic E-state index is 0.0660. The van der Waals surface area contributed by atoms with Gasteiger partial charge in [0.15, 0.2) is 16.4 Å². The first-order valence-electron chi connectivity index (χ1n) is 6.62. The molecule has 1 aromatic heterocycles. The third-order valence-electron chi connectivity index (χ3n) is 2.97. The maximum Gasteiger partial charge on any atom is 0.258 e. The van der Waals surface area contributed by atoms with E-state index >= 15 is 0 Å². The third kappa shape index (κ3) is 4.57. The molecule has 0 saturated heterocycles. The minimum Gasteiger partial charge on any atom is -0.484 e. The van der Waals surface area contributed by atoms with E-state index in [0.717, 1.165) is 11.1 Å². The van der Waals surface area contributed by atoms with E-state index in [1.165, 1.54) is 24.3 Å². The molecule has 0 bridgehead atoms. The first kappa shape index (κ1) is 16.5. The summed E-state index contributed by atoms with van der Waals surface area (Å²) in [5, 5.41) is 4.79. The molecule has 5 nitrogen and oxygen atoms in total. The first-order chi connectivity index (χ1) is 10.4. The van der Waals surface area contributed by atoms with Crippen LogP contribution in [-0.4, -0.2) is 27.2 Å². The van der Waals surface area contributed by atoms with Gasteiger partial charge in [-0.05, 0) is 42.6 Å². The van der Waals surface area contributed by atoms with Crippen LogP contribution in [0, 0.1) is 0 Å². The number of nitrogens with one attached hydrogen (secondary N) is 1. The summed E-state index contributed by atoms with van der Waals surface area (Å²) in [4.78, 5) is 13.1. The van der Waals surface area contributed by atoms with Crippen molar-refractivity contribution in [3.8, 4) is 5.75 Å². The summed E-state index contributed by atoms with van der Waals surface area (Å²) in [6, 6.07) is 9.80. The fourth-order valence-corrected chi connectivity index (χ4v) is 3.19. The molecule has 0 radical (unpaired) electrons. The van der Waals surface area contributed by atoms with Crippen LogP contribution in [-0.2, 0) is 14.6 Å². The largest absolute Gasteiger partial charge is 0.484 e. The molecular formula is C15H17NO4S2. The van der Waals surface area contributed by atoms with Gasteiger partial charge in [-0.25, -0.2) is 8.42 Å². The number of benzene rings is 1. The Morgan fingerprint density at radius 2 is 1.95 bits per heavy atom.